The van der Waals surface area contributed by atoms with E-state index in [0.717, 1.165) is 0 Å². The number of amides is 2. The second-order valence-corrected chi connectivity index (χ2v) is 6.58. The zero-order valence-electron chi connectivity index (χ0n) is 14.8. The van der Waals surface area contributed by atoms with Crippen molar-refractivity contribution >= 4 is 41.0 Å². The molecule has 0 aromatic heterocycles. The Morgan fingerprint density at radius 3 is 2.77 bits per heavy atom. The van der Waals surface area contributed by atoms with Crippen LogP contribution in [-0.4, -0.2) is 46.9 Å². The molecule has 1 heterocycles. The summed E-state index contributed by atoms with van der Waals surface area (Å²) in [6, 6.07) is 5.73. The van der Waals surface area contributed by atoms with E-state index in [1.165, 1.54) is 29.7 Å². The van der Waals surface area contributed by atoms with Crippen molar-refractivity contribution in [3.05, 3.63) is 40.9 Å². The van der Waals surface area contributed by atoms with Crippen LogP contribution < -0.4 is 5.32 Å². The Balaban J connectivity index is 2.15. The fraction of sp³-hybridized carbons (Fsp3) is 0.333. The predicted molar refractivity (Wildman–Crippen MR) is 98.6 cm³/mol. The van der Waals surface area contributed by atoms with Gasteiger partial charge in [0.25, 0.3) is 0 Å². The number of anilines is 1. The summed E-state index contributed by atoms with van der Waals surface area (Å²) >= 11 is 1.18. The number of hydrogen-bond donors (Lipinski definition) is 1. The Bertz CT molecular complexity index is 775. The van der Waals surface area contributed by atoms with E-state index < -0.39 is 17.9 Å². The quantitative estimate of drug-likeness (QED) is 0.465. The average Bonchev–Trinajstić information content (AvgIpc) is 2.94. The third kappa shape index (κ3) is 4.72. The molecular formula is C18H20N2O5S. The van der Waals surface area contributed by atoms with Gasteiger partial charge in [0.05, 0.1) is 23.5 Å². The van der Waals surface area contributed by atoms with Crippen molar-refractivity contribution in [3.63, 3.8) is 0 Å². The van der Waals surface area contributed by atoms with Gasteiger partial charge in [-0.15, -0.1) is 0 Å². The number of hydrogen-bond acceptors (Lipinski definition) is 6. The minimum atomic E-state index is -0.820. The van der Waals surface area contributed by atoms with Crippen molar-refractivity contribution in [1.82, 2.24) is 4.90 Å². The lowest BCUT2D eigenvalue weighted by atomic mass is 10.1. The summed E-state index contributed by atoms with van der Waals surface area (Å²) in [6.07, 6.45) is 1.22. The molecule has 0 saturated carbocycles. The first-order valence-electron chi connectivity index (χ1n) is 8.08. The molecule has 1 aromatic rings. The Morgan fingerprint density at radius 2 is 2.12 bits per heavy atom. The van der Waals surface area contributed by atoms with Crippen LogP contribution in [0.2, 0.25) is 0 Å². The number of Topliss-reactive ketones (excluding diaryl/α,β-unsaturated/α-hetero) is 1. The van der Waals surface area contributed by atoms with Gasteiger partial charge >= 0.3 is 5.97 Å². The SMILES string of the molecule is CCOC(=O)/C=C1\SCC(=O)N1C(C)C(=O)Nc1cccc(C(C)=O)c1. The highest BCUT2D eigenvalue weighted by molar-refractivity contribution is 8.04. The normalized spacial score (nSPS) is 16.5. The summed E-state index contributed by atoms with van der Waals surface area (Å²) < 4.78 is 4.86. The van der Waals surface area contributed by atoms with Gasteiger partial charge in [0.1, 0.15) is 6.04 Å². The molecule has 1 atom stereocenters. The molecule has 1 aromatic carbocycles. The van der Waals surface area contributed by atoms with E-state index in [1.807, 2.05) is 0 Å². The third-order valence-electron chi connectivity index (χ3n) is 3.68. The van der Waals surface area contributed by atoms with Crippen LogP contribution in [0.15, 0.2) is 35.4 Å². The van der Waals surface area contributed by atoms with Crippen LogP contribution in [0.5, 0.6) is 0 Å². The van der Waals surface area contributed by atoms with Crippen LogP contribution in [0.3, 0.4) is 0 Å². The second kappa shape index (κ2) is 8.66. The molecule has 1 saturated heterocycles. The van der Waals surface area contributed by atoms with Gasteiger partial charge in [0.15, 0.2) is 5.78 Å². The van der Waals surface area contributed by atoms with Gasteiger partial charge in [0, 0.05) is 11.3 Å². The largest absolute Gasteiger partial charge is 0.463 e. The van der Waals surface area contributed by atoms with E-state index in [-0.39, 0.29) is 24.1 Å². The molecule has 26 heavy (non-hydrogen) atoms. The van der Waals surface area contributed by atoms with Gasteiger partial charge in [-0.05, 0) is 32.9 Å². The van der Waals surface area contributed by atoms with Gasteiger partial charge < -0.3 is 10.1 Å². The summed E-state index contributed by atoms with van der Waals surface area (Å²) in [6.45, 7) is 4.93. The first-order valence-corrected chi connectivity index (χ1v) is 9.07. The molecular weight excluding hydrogens is 356 g/mol. The monoisotopic (exact) mass is 376 g/mol. The molecule has 1 aliphatic heterocycles. The number of ketones is 1. The Morgan fingerprint density at radius 1 is 1.38 bits per heavy atom. The number of carbonyl (C=O) groups excluding carboxylic acids is 4. The van der Waals surface area contributed by atoms with Gasteiger partial charge in [-0.1, -0.05) is 23.9 Å². The first kappa shape index (κ1) is 19.7. The topological polar surface area (TPSA) is 92.8 Å². The van der Waals surface area contributed by atoms with Crippen molar-refractivity contribution in [2.45, 2.75) is 26.8 Å². The minimum absolute atomic E-state index is 0.111. The fourth-order valence-corrected chi connectivity index (χ4v) is 3.37. The highest BCUT2D eigenvalue weighted by Crippen LogP contribution is 2.31. The van der Waals surface area contributed by atoms with E-state index in [9.17, 15) is 19.2 Å². The van der Waals surface area contributed by atoms with Crippen LogP contribution in [-0.2, 0) is 19.1 Å². The Kier molecular flexibility index (Phi) is 6.57. The number of carbonyl (C=O) groups is 4. The van der Waals surface area contributed by atoms with Gasteiger partial charge in [-0.2, -0.15) is 0 Å². The zero-order chi connectivity index (χ0) is 19.3. The highest BCUT2D eigenvalue weighted by Gasteiger charge is 2.35. The van der Waals surface area contributed by atoms with Crippen molar-refractivity contribution in [2.24, 2.45) is 0 Å². The van der Waals surface area contributed by atoms with Crippen LogP contribution in [0.4, 0.5) is 5.69 Å². The van der Waals surface area contributed by atoms with Gasteiger partial charge in [-0.3, -0.25) is 19.3 Å². The van der Waals surface area contributed by atoms with Crippen LogP contribution in [0, 0.1) is 0 Å². The van der Waals surface area contributed by atoms with E-state index >= 15 is 0 Å². The molecule has 0 radical (unpaired) electrons. The summed E-state index contributed by atoms with van der Waals surface area (Å²) in [5.74, 6) is -1.19. The summed E-state index contributed by atoms with van der Waals surface area (Å²) in [5, 5.41) is 3.08. The smallest absolute Gasteiger partial charge is 0.333 e. The zero-order valence-corrected chi connectivity index (χ0v) is 15.6. The minimum Gasteiger partial charge on any atom is -0.463 e. The highest BCUT2D eigenvalue weighted by atomic mass is 32.2. The maximum absolute atomic E-state index is 12.5. The average molecular weight is 376 g/mol. The van der Waals surface area contributed by atoms with Crippen LogP contribution in [0.1, 0.15) is 31.1 Å². The van der Waals surface area contributed by atoms with Crippen LogP contribution >= 0.6 is 11.8 Å². The summed E-state index contributed by atoms with van der Waals surface area (Å²) in [5.41, 5.74) is 0.941. The third-order valence-corrected chi connectivity index (χ3v) is 4.68. The molecule has 2 amide bonds. The van der Waals surface area contributed by atoms with Crippen molar-refractivity contribution in [1.29, 1.82) is 0 Å². The Labute approximate surface area is 155 Å². The van der Waals surface area contributed by atoms with Crippen molar-refractivity contribution in [3.8, 4) is 0 Å². The molecule has 7 nitrogen and oxygen atoms in total. The van der Waals surface area contributed by atoms with E-state index in [4.69, 9.17) is 4.74 Å². The molecule has 2 rings (SSSR count). The molecule has 0 bridgehead atoms. The molecule has 0 spiro atoms. The standard InChI is InChI=1S/C18H20N2O5S/c1-4-25-17(23)9-16-20(15(22)10-26-16)11(2)18(24)19-14-7-5-6-13(8-14)12(3)21/h5-9,11H,4,10H2,1-3H3,(H,19,24)/b16-9-. The number of rotatable bonds is 6. The number of nitrogens with zero attached hydrogens (tertiary/aromatic N) is 1. The molecule has 0 aliphatic carbocycles. The maximum atomic E-state index is 12.5. The second-order valence-electron chi connectivity index (χ2n) is 5.59. The lowest BCUT2D eigenvalue weighted by molar-refractivity contribution is -0.137. The number of thioether (sulfide) groups is 1. The molecule has 8 heteroatoms. The van der Waals surface area contributed by atoms with Crippen molar-refractivity contribution in [2.75, 3.05) is 17.7 Å². The summed E-state index contributed by atoms with van der Waals surface area (Å²) in [7, 11) is 0. The number of ether oxygens (including phenoxy) is 1. The molecule has 1 fully saturated rings. The van der Waals surface area contributed by atoms with Crippen LogP contribution in [0.25, 0.3) is 0 Å². The number of nitrogens with one attached hydrogen (secondary N) is 1. The molecule has 1 aliphatic rings. The molecule has 138 valence electrons. The maximum Gasteiger partial charge on any atom is 0.333 e. The summed E-state index contributed by atoms with van der Waals surface area (Å²) in [4.78, 5) is 49.1. The molecule has 1 unspecified atom stereocenters. The Hall–Kier alpha value is -2.61. The fourth-order valence-electron chi connectivity index (χ4n) is 2.38. The van der Waals surface area contributed by atoms with E-state index in [1.54, 1.807) is 38.1 Å². The van der Waals surface area contributed by atoms with Gasteiger partial charge in [0.2, 0.25) is 11.8 Å². The van der Waals surface area contributed by atoms with E-state index in [2.05, 4.69) is 5.32 Å². The lowest BCUT2D eigenvalue weighted by Crippen LogP contribution is -2.42. The first-order chi connectivity index (χ1) is 12.3. The van der Waals surface area contributed by atoms with Crippen molar-refractivity contribution < 1.29 is 23.9 Å². The lowest BCUT2D eigenvalue weighted by Gasteiger charge is -2.24. The van der Waals surface area contributed by atoms with E-state index in [0.29, 0.717) is 16.3 Å². The van der Waals surface area contributed by atoms with Gasteiger partial charge in [-0.25, -0.2) is 4.79 Å². The number of esters is 1. The predicted octanol–water partition coefficient (Wildman–Crippen LogP) is 2.20. The number of benzene rings is 1. The molecule has 1 N–H and O–H groups in total.